The van der Waals surface area contributed by atoms with Crippen LogP contribution < -0.4 is 4.90 Å². The lowest BCUT2D eigenvalue weighted by Gasteiger charge is -2.26. The van der Waals surface area contributed by atoms with Crippen molar-refractivity contribution in [2.24, 2.45) is 0 Å². The molecule has 0 atom stereocenters. The summed E-state index contributed by atoms with van der Waals surface area (Å²) in [6.45, 7) is 0. The number of anilines is 3. The SMILES string of the molecule is Fc1ccc(-c2ccc(N(c3ccc(-c4ccc(F)cc4)cc3)c3ccc(-c4ccc(-n5c6ccc(F)cc6c6cc(F)ccc65)cc4)c4nsnc34)cc2)cc1. The van der Waals surface area contributed by atoms with Gasteiger partial charge in [0.2, 0.25) is 0 Å². The van der Waals surface area contributed by atoms with Crippen molar-refractivity contribution in [2.75, 3.05) is 4.90 Å². The predicted molar refractivity (Wildman–Crippen MR) is 223 cm³/mol. The first-order chi connectivity index (χ1) is 27.9. The van der Waals surface area contributed by atoms with Crippen molar-refractivity contribution in [1.29, 1.82) is 0 Å². The van der Waals surface area contributed by atoms with Gasteiger partial charge in [-0.25, -0.2) is 17.6 Å². The van der Waals surface area contributed by atoms with Crippen LogP contribution in [0.2, 0.25) is 0 Å². The molecule has 0 spiro atoms. The van der Waals surface area contributed by atoms with E-state index in [1.54, 1.807) is 36.4 Å². The summed E-state index contributed by atoms with van der Waals surface area (Å²) in [5.41, 5.74) is 12.0. The van der Waals surface area contributed by atoms with E-state index in [4.69, 9.17) is 8.75 Å². The van der Waals surface area contributed by atoms with Crippen LogP contribution in [-0.2, 0) is 0 Å². The maximum Gasteiger partial charge on any atom is 0.129 e. The molecule has 2 aromatic heterocycles. The third-order valence-electron chi connectivity index (χ3n) is 10.4. The standard InChI is InChI=1S/C48H28F4N4S/c49-34-11-1-29(2-12-34)31-5-17-38(18-6-31)55(39-19-7-32(8-20-39)30-3-13-35(50)14-4-30)46-26-23-41(47-48(46)54-57-53-47)33-9-21-40(22-10-33)56-44-24-15-36(51)27-42(44)43-28-37(52)16-25-45(43)56/h1-28H. The summed E-state index contributed by atoms with van der Waals surface area (Å²) in [5.74, 6) is -1.34. The number of halogens is 4. The summed E-state index contributed by atoms with van der Waals surface area (Å²) >= 11 is 1.14. The Hall–Kier alpha value is -7.10. The van der Waals surface area contributed by atoms with Gasteiger partial charge in [0, 0.05) is 33.4 Å². The van der Waals surface area contributed by atoms with Gasteiger partial charge in [-0.2, -0.15) is 8.75 Å². The molecule has 274 valence electrons. The van der Waals surface area contributed by atoms with Crippen LogP contribution in [0, 0.1) is 23.3 Å². The fourth-order valence-electron chi connectivity index (χ4n) is 7.62. The molecule has 0 bridgehead atoms. The lowest BCUT2D eigenvalue weighted by molar-refractivity contribution is 0.627. The predicted octanol–water partition coefficient (Wildman–Crippen LogP) is 13.8. The van der Waals surface area contributed by atoms with E-state index < -0.39 is 0 Å². The maximum atomic E-state index is 14.3. The Morgan fingerprint density at radius 2 is 0.825 bits per heavy atom. The van der Waals surface area contributed by atoms with Crippen molar-refractivity contribution in [2.45, 2.75) is 0 Å². The lowest BCUT2D eigenvalue weighted by atomic mass is 10.0. The van der Waals surface area contributed by atoms with Gasteiger partial charge < -0.3 is 9.47 Å². The van der Waals surface area contributed by atoms with Crippen molar-refractivity contribution < 1.29 is 17.6 Å². The molecule has 0 radical (unpaired) electrons. The number of aromatic nitrogens is 3. The second-order valence-corrected chi connectivity index (χ2v) is 14.3. The molecule has 10 aromatic rings. The fourth-order valence-corrected chi connectivity index (χ4v) is 8.19. The van der Waals surface area contributed by atoms with E-state index in [9.17, 15) is 17.6 Å². The first-order valence-corrected chi connectivity index (χ1v) is 18.9. The Bertz CT molecular complexity index is 2940. The van der Waals surface area contributed by atoms with Crippen LogP contribution in [0.3, 0.4) is 0 Å². The molecule has 57 heavy (non-hydrogen) atoms. The third-order valence-corrected chi connectivity index (χ3v) is 10.9. The second kappa shape index (κ2) is 13.9. The van der Waals surface area contributed by atoms with Crippen molar-refractivity contribution >= 4 is 61.6 Å². The van der Waals surface area contributed by atoms with E-state index in [-0.39, 0.29) is 23.3 Å². The zero-order valence-electron chi connectivity index (χ0n) is 29.9. The zero-order valence-corrected chi connectivity index (χ0v) is 30.7. The lowest BCUT2D eigenvalue weighted by Crippen LogP contribution is -2.10. The first kappa shape index (κ1) is 34.4. The van der Waals surface area contributed by atoms with Gasteiger partial charge in [-0.1, -0.05) is 60.7 Å². The van der Waals surface area contributed by atoms with Gasteiger partial charge in [-0.3, -0.25) is 0 Å². The van der Waals surface area contributed by atoms with Crippen LogP contribution in [0.25, 0.3) is 71.9 Å². The molecule has 4 nitrogen and oxygen atoms in total. The molecule has 0 saturated carbocycles. The van der Waals surface area contributed by atoms with E-state index >= 15 is 0 Å². The molecule has 9 heteroatoms. The highest BCUT2D eigenvalue weighted by Gasteiger charge is 2.21. The highest BCUT2D eigenvalue weighted by molar-refractivity contribution is 7.00. The minimum atomic E-state index is -0.381. The molecule has 0 N–H and O–H groups in total. The second-order valence-electron chi connectivity index (χ2n) is 13.7. The molecule has 2 heterocycles. The van der Waals surface area contributed by atoms with Crippen LogP contribution in [0.15, 0.2) is 170 Å². The Morgan fingerprint density at radius 1 is 0.404 bits per heavy atom. The summed E-state index contributed by atoms with van der Waals surface area (Å²) in [4.78, 5) is 2.13. The van der Waals surface area contributed by atoms with Gasteiger partial charge in [0.15, 0.2) is 0 Å². The number of fused-ring (bicyclic) bond motifs is 4. The van der Waals surface area contributed by atoms with Gasteiger partial charge in [0.25, 0.3) is 0 Å². The number of hydrogen-bond donors (Lipinski definition) is 0. The molecule has 0 unspecified atom stereocenters. The summed E-state index contributed by atoms with van der Waals surface area (Å²) in [6.07, 6.45) is 0. The van der Waals surface area contributed by atoms with E-state index in [0.717, 1.165) is 89.9 Å². The van der Waals surface area contributed by atoms with Crippen molar-refractivity contribution in [3.63, 3.8) is 0 Å². The van der Waals surface area contributed by atoms with Crippen molar-refractivity contribution in [3.05, 3.63) is 193 Å². The summed E-state index contributed by atoms with van der Waals surface area (Å²) < 4.78 is 67.7. The number of benzene rings is 8. The summed E-state index contributed by atoms with van der Waals surface area (Å²) in [7, 11) is 0. The highest BCUT2D eigenvalue weighted by atomic mass is 32.1. The van der Waals surface area contributed by atoms with Crippen LogP contribution in [0.1, 0.15) is 0 Å². The largest absolute Gasteiger partial charge is 0.309 e. The molecular weight excluding hydrogens is 741 g/mol. The van der Waals surface area contributed by atoms with Gasteiger partial charge in [-0.05, 0) is 137 Å². The van der Waals surface area contributed by atoms with Crippen molar-refractivity contribution in [1.82, 2.24) is 13.3 Å². The molecule has 0 aliphatic carbocycles. The normalized spacial score (nSPS) is 11.5. The topological polar surface area (TPSA) is 34.0 Å². The van der Waals surface area contributed by atoms with Crippen LogP contribution >= 0.6 is 11.7 Å². The third kappa shape index (κ3) is 6.18. The van der Waals surface area contributed by atoms with Gasteiger partial charge in [0.05, 0.1) is 28.4 Å². The maximum absolute atomic E-state index is 14.3. The first-order valence-electron chi connectivity index (χ1n) is 18.2. The average molecular weight is 769 g/mol. The van der Waals surface area contributed by atoms with E-state index in [1.807, 2.05) is 89.5 Å². The minimum absolute atomic E-state index is 0.287. The van der Waals surface area contributed by atoms with Gasteiger partial charge in [0.1, 0.15) is 34.3 Å². The Balaban J connectivity index is 1.05. The monoisotopic (exact) mass is 768 g/mol. The molecule has 0 aliphatic heterocycles. The molecule has 0 aliphatic rings. The highest BCUT2D eigenvalue weighted by Crippen LogP contribution is 2.43. The average Bonchev–Trinajstić information content (AvgIpc) is 3.86. The van der Waals surface area contributed by atoms with E-state index in [0.29, 0.717) is 10.8 Å². The number of hydrogen-bond acceptors (Lipinski definition) is 4. The zero-order chi connectivity index (χ0) is 38.6. The van der Waals surface area contributed by atoms with E-state index in [1.165, 1.54) is 48.5 Å². The minimum Gasteiger partial charge on any atom is -0.309 e. The van der Waals surface area contributed by atoms with Crippen LogP contribution in [0.5, 0.6) is 0 Å². The number of rotatable bonds is 7. The smallest absolute Gasteiger partial charge is 0.129 e. The molecule has 0 saturated heterocycles. The Morgan fingerprint density at radius 3 is 1.32 bits per heavy atom. The van der Waals surface area contributed by atoms with Gasteiger partial charge in [-0.15, -0.1) is 0 Å². The molecular formula is C48H28F4N4S. The molecule has 0 amide bonds. The van der Waals surface area contributed by atoms with E-state index in [2.05, 4.69) is 4.90 Å². The Kier molecular flexibility index (Phi) is 8.38. The molecule has 0 fully saturated rings. The number of nitrogens with zero attached hydrogens (tertiary/aromatic N) is 4. The molecule has 8 aromatic carbocycles. The summed E-state index contributed by atoms with van der Waals surface area (Å²) in [6, 6.07) is 50.3. The van der Waals surface area contributed by atoms with Crippen LogP contribution in [0.4, 0.5) is 34.6 Å². The van der Waals surface area contributed by atoms with Crippen LogP contribution in [-0.4, -0.2) is 13.3 Å². The molecule has 10 rings (SSSR count). The fraction of sp³-hybridized carbons (Fsp3) is 0. The quantitative estimate of drug-likeness (QED) is 0.151. The summed E-state index contributed by atoms with van der Waals surface area (Å²) in [5, 5.41) is 1.28. The van der Waals surface area contributed by atoms with Gasteiger partial charge >= 0.3 is 0 Å². The van der Waals surface area contributed by atoms with Crippen molar-refractivity contribution in [3.8, 4) is 39.1 Å². The Labute approximate surface area is 328 Å².